The van der Waals surface area contributed by atoms with Gasteiger partial charge in [0.15, 0.2) is 11.2 Å². The Kier molecular flexibility index (Phi) is 4.80. The predicted octanol–water partition coefficient (Wildman–Crippen LogP) is 2.73. The molecular weight excluding hydrogens is 368 g/mol. The molecule has 0 unspecified atom stereocenters. The highest BCUT2D eigenvalue weighted by Gasteiger charge is 2.19. The van der Waals surface area contributed by atoms with Crippen molar-refractivity contribution in [1.29, 1.82) is 0 Å². The van der Waals surface area contributed by atoms with Crippen LogP contribution < -0.4 is 16.0 Å². The number of methoxy groups -OCH3 is 1. The summed E-state index contributed by atoms with van der Waals surface area (Å²) in [5, 5.41) is 0. The molecule has 0 radical (unpaired) electrons. The number of rotatable bonds is 5. The van der Waals surface area contributed by atoms with Crippen LogP contribution in [0.5, 0.6) is 5.75 Å². The van der Waals surface area contributed by atoms with E-state index in [0.717, 1.165) is 11.1 Å². The Morgan fingerprint density at radius 1 is 1.07 bits per heavy atom. The van der Waals surface area contributed by atoms with E-state index in [1.54, 1.807) is 49.2 Å². The number of aromatic nitrogens is 4. The molecule has 4 rings (SSSR count). The number of ether oxygens (including phenoxy) is 1. The van der Waals surface area contributed by atoms with Crippen LogP contribution in [0.4, 0.5) is 0 Å². The molecule has 2 heterocycles. The SMILES string of the molecule is CCn1c(=O)c2c(ncn2Cc2cccc(C)c2)n(-c2cccc(OC)c2)c1=O. The lowest BCUT2D eigenvalue weighted by atomic mass is 10.1. The highest BCUT2D eigenvalue weighted by atomic mass is 16.5. The quantitative estimate of drug-likeness (QED) is 0.525. The van der Waals surface area contributed by atoms with E-state index in [9.17, 15) is 9.59 Å². The smallest absolute Gasteiger partial charge is 0.337 e. The van der Waals surface area contributed by atoms with Gasteiger partial charge in [0.05, 0.1) is 19.1 Å². The molecule has 2 aromatic heterocycles. The number of hydrogen-bond donors (Lipinski definition) is 0. The largest absolute Gasteiger partial charge is 0.497 e. The minimum absolute atomic E-state index is 0.271. The lowest BCUT2D eigenvalue weighted by molar-refractivity contribution is 0.414. The van der Waals surface area contributed by atoms with Gasteiger partial charge in [0.25, 0.3) is 5.56 Å². The van der Waals surface area contributed by atoms with Crippen molar-refractivity contribution in [1.82, 2.24) is 18.7 Å². The lowest BCUT2D eigenvalue weighted by Gasteiger charge is -2.12. The summed E-state index contributed by atoms with van der Waals surface area (Å²) in [7, 11) is 1.57. The maximum atomic E-state index is 13.1. The highest BCUT2D eigenvalue weighted by molar-refractivity contribution is 5.72. The van der Waals surface area contributed by atoms with E-state index in [4.69, 9.17) is 4.74 Å². The van der Waals surface area contributed by atoms with E-state index >= 15 is 0 Å². The molecule has 0 amide bonds. The standard InChI is InChI=1S/C22H22N4O3/c1-4-25-21(27)19-20(23-14-24(19)13-16-8-5-7-15(2)11-16)26(22(25)28)17-9-6-10-18(12-17)29-3/h5-12,14H,4,13H2,1-3H3. The first-order valence-corrected chi connectivity index (χ1v) is 9.44. The summed E-state index contributed by atoms with van der Waals surface area (Å²) in [5.74, 6) is 0.621. The number of fused-ring (bicyclic) bond motifs is 1. The van der Waals surface area contributed by atoms with Gasteiger partial charge in [-0.05, 0) is 31.5 Å². The predicted molar refractivity (Wildman–Crippen MR) is 112 cm³/mol. The molecule has 0 saturated heterocycles. The average molecular weight is 390 g/mol. The minimum Gasteiger partial charge on any atom is -0.497 e. The van der Waals surface area contributed by atoms with E-state index in [1.165, 1.54) is 9.13 Å². The van der Waals surface area contributed by atoms with E-state index in [1.807, 2.05) is 25.1 Å². The Hall–Kier alpha value is -3.61. The molecule has 4 aromatic rings. The molecular formula is C22H22N4O3. The summed E-state index contributed by atoms with van der Waals surface area (Å²) in [5.41, 5.74) is 2.79. The summed E-state index contributed by atoms with van der Waals surface area (Å²) in [6, 6.07) is 15.3. The third kappa shape index (κ3) is 3.24. The van der Waals surface area contributed by atoms with Gasteiger partial charge in [-0.25, -0.2) is 14.3 Å². The summed E-state index contributed by atoms with van der Waals surface area (Å²) in [6.07, 6.45) is 1.62. The van der Waals surface area contributed by atoms with Crippen LogP contribution >= 0.6 is 0 Å². The Labute approximate surface area is 167 Å². The van der Waals surface area contributed by atoms with Crippen LogP contribution in [0, 0.1) is 6.92 Å². The van der Waals surface area contributed by atoms with Crippen molar-refractivity contribution in [2.75, 3.05) is 7.11 Å². The van der Waals surface area contributed by atoms with Gasteiger partial charge in [-0.2, -0.15) is 0 Å². The van der Waals surface area contributed by atoms with Crippen molar-refractivity contribution < 1.29 is 4.74 Å². The molecule has 0 N–H and O–H groups in total. The third-order valence-electron chi connectivity index (χ3n) is 4.96. The zero-order valence-corrected chi connectivity index (χ0v) is 16.6. The summed E-state index contributed by atoms with van der Waals surface area (Å²) in [6.45, 7) is 4.58. The summed E-state index contributed by atoms with van der Waals surface area (Å²) < 4.78 is 9.79. The van der Waals surface area contributed by atoms with Gasteiger partial charge in [0, 0.05) is 19.2 Å². The van der Waals surface area contributed by atoms with Gasteiger partial charge >= 0.3 is 5.69 Å². The van der Waals surface area contributed by atoms with Crippen molar-refractivity contribution in [3.63, 3.8) is 0 Å². The van der Waals surface area contributed by atoms with Crippen LogP contribution in [0.25, 0.3) is 16.9 Å². The number of aryl methyl sites for hydroxylation is 1. The van der Waals surface area contributed by atoms with Gasteiger partial charge in [-0.3, -0.25) is 9.36 Å². The zero-order valence-electron chi connectivity index (χ0n) is 16.6. The topological polar surface area (TPSA) is 71.1 Å². The molecule has 29 heavy (non-hydrogen) atoms. The van der Waals surface area contributed by atoms with Gasteiger partial charge in [0.2, 0.25) is 0 Å². The average Bonchev–Trinajstić information content (AvgIpc) is 3.12. The van der Waals surface area contributed by atoms with Crippen molar-refractivity contribution >= 4 is 11.2 Å². The first kappa shape index (κ1) is 18.7. The van der Waals surface area contributed by atoms with Crippen molar-refractivity contribution in [2.45, 2.75) is 26.9 Å². The first-order valence-electron chi connectivity index (χ1n) is 9.44. The molecule has 148 valence electrons. The Morgan fingerprint density at radius 3 is 2.59 bits per heavy atom. The molecule has 7 nitrogen and oxygen atoms in total. The van der Waals surface area contributed by atoms with E-state index in [2.05, 4.69) is 11.1 Å². The van der Waals surface area contributed by atoms with Crippen LogP contribution in [0.2, 0.25) is 0 Å². The van der Waals surface area contributed by atoms with Crippen molar-refractivity contribution in [3.8, 4) is 11.4 Å². The van der Waals surface area contributed by atoms with Crippen molar-refractivity contribution in [3.05, 3.63) is 86.8 Å². The summed E-state index contributed by atoms with van der Waals surface area (Å²) in [4.78, 5) is 30.6. The monoisotopic (exact) mass is 390 g/mol. The molecule has 0 fully saturated rings. The molecule has 7 heteroatoms. The maximum absolute atomic E-state index is 13.1. The van der Waals surface area contributed by atoms with E-state index in [0.29, 0.717) is 29.1 Å². The summed E-state index contributed by atoms with van der Waals surface area (Å²) >= 11 is 0. The molecule has 0 bridgehead atoms. The van der Waals surface area contributed by atoms with Crippen LogP contribution in [-0.2, 0) is 13.1 Å². The van der Waals surface area contributed by atoms with E-state index in [-0.39, 0.29) is 12.1 Å². The highest BCUT2D eigenvalue weighted by Crippen LogP contribution is 2.19. The first-order chi connectivity index (χ1) is 14.0. The third-order valence-corrected chi connectivity index (χ3v) is 4.96. The molecule has 0 spiro atoms. The normalized spacial score (nSPS) is 11.1. The lowest BCUT2D eigenvalue weighted by Crippen LogP contribution is -2.39. The van der Waals surface area contributed by atoms with Crippen molar-refractivity contribution in [2.24, 2.45) is 0 Å². The Balaban J connectivity index is 1.99. The Morgan fingerprint density at radius 2 is 1.86 bits per heavy atom. The van der Waals surface area contributed by atoms with E-state index < -0.39 is 5.69 Å². The number of benzene rings is 2. The fourth-order valence-corrected chi connectivity index (χ4v) is 3.57. The minimum atomic E-state index is -0.418. The van der Waals surface area contributed by atoms with Gasteiger partial charge in [-0.1, -0.05) is 35.9 Å². The van der Waals surface area contributed by atoms with Gasteiger partial charge < -0.3 is 9.30 Å². The number of nitrogens with zero attached hydrogens (tertiary/aromatic N) is 4. The van der Waals surface area contributed by atoms with Gasteiger partial charge in [0.1, 0.15) is 5.75 Å². The second-order valence-corrected chi connectivity index (χ2v) is 6.90. The number of imidazole rings is 1. The molecule has 0 aliphatic rings. The molecule has 0 aliphatic heterocycles. The van der Waals surface area contributed by atoms with Crippen LogP contribution in [0.1, 0.15) is 18.1 Å². The second kappa shape index (κ2) is 7.43. The molecule has 0 saturated carbocycles. The second-order valence-electron chi connectivity index (χ2n) is 6.90. The zero-order chi connectivity index (χ0) is 20.5. The van der Waals surface area contributed by atoms with Crippen LogP contribution in [0.3, 0.4) is 0 Å². The number of hydrogen-bond acceptors (Lipinski definition) is 4. The van der Waals surface area contributed by atoms with Crippen LogP contribution in [-0.4, -0.2) is 25.8 Å². The molecule has 2 aromatic carbocycles. The van der Waals surface area contributed by atoms with Crippen LogP contribution in [0.15, 0.2) is 64.4 Å². The molecule has 0 atom stereocenters. The Bertz CT molecular complexity index is 1310. The molecule has 0 aliphatic carbocycles. The maximum Gasteiger partial charge on any atom is 0.337 e. The fourth-order valence-electron chi connectivity index (χ4n) is 3.57. The van der Waals surface area contributed by atoms with Gasteiger partial charge in [-0.15, -0.1) is 0 Å². The fraction of sp³-hybridized carbons (Fsp3) is 0.227.